The quantitative estimate of drug-likeness (QED) is 0.938. The first-order chi connectivity index (χ1) is 10.3. The molecule has 2 heterocycles. The van der Waals surface area contributed by atoms with Gasteiger partial charge in [-0.3, -0.25) is 4.90 Å². The molecule has 1 aliphatic heterocycles. The van der Waals surface area contributed by atoms with Crippen molar-refractivity contribution in [3.8, 4) is 11.4 Å². The number of methoxy groups -OCH3 is 1. The lowest BCUT2D eigenvalue weighted by molar-refractivity contribution is 0.218. The molecule has 0 radical (unpaired) electrons. The number of para-hydroxylation sites is 2. The van der Waals surface area contributed by atoms with Gasteiger partial charge in [0.25, 0.3) is 0 Å². The molecule has 0 bridgehead atoms. The Morgan fingerprint density at radius 2 is 1.95 bits per heavy atom. The summed E-state index contributed by atoms with van der Waals surface area (Å²) in [5.41, 5.74) is 8.02. The van der Waals surface area contributed by atoms with Gasteiger partial charge in [0.2, 0.25) is 0 Å². The fourth-order valence-electron chi connectivity index (χ4n) is 2.87. The lowest BCUT2D eigenvalue weighted by Crippen LogP contribution is -2.29. The Bertz CT molecular complexity index is 602. The monoisotopic (exact) mass is 286 g/mol. The fraction of sp³-hybridized carbons (Fsp3) is 0.438. The van der Waals surface area contributed by atoms with E-state index in [0.717, 1.165) is 36.8 Å². The standard InChI is InChI=1S/C16H22N4O/c1-21-15-8-4-3-7-14(15)20-16(17)11-13(18-20)12-19-9-5-2-6-10-19/h3-4,7-8,11H,2,5-6,9-10,12,17H2,1H3. The molecule has 1 saturated heterocycles. The molecule has 0 saturated carbocycles. The minimum atomic E-state index is 0.645. The van der Waals surface area contributed by atoms with Crippen LogP contribution in [-0.4, -0.2) is 34.9 Å². The first kappa shape index (κ1) is 13.9. The molecular formula is C16H22N4O. The molecule has 1 aromatic heterocycles. The zero-order valence-corrected chi connectivity index (χ0v) is 12.5. The second-order valence-corrected chi connectivity index (χ2v) is 5.48. The van der Waals surface area contributed by atoms with Crippen LogP contribution >= 0.6 is 0 Å². The maximum absolute atomic E-state index is 6.13. The molecule has 112 valence electrons. The van der Waals surface area contributed by atoms with E-state index in [1.807, 2.05) is 30.3 Å². The number of benzene rings is 1. The van der Waals surface area contributed by atoms with Crippen LogP contribution in [0.25, 0.3) is 5.69 Å². The Morgan fingerprint density at radius 3 is 2.71 bits per heavy atom. The smallest absolute Gasteiger partial charge is 0.144 e. The summed E-state index contributed by atoms with van der Waals surface area (Å²) in [4.78, 5) is 2.44. The van der Waals surface area contributed by atoms with Gasteiger partial charge in [-0.05, 0) is 38.1 Å². The van der Waals surface area contributed by atoms with Crippen LogP contribution in [0.5, 0.6) is 5.75 Å². The highest BCUT2D eigenvalue weighted by Gasteiger charge is 2.15. The number of likely N-dealkylation sites (tertiary alicyclic amines) is 1. The average molecular weight is 286 g/mol. The Kier molecular flexibility index (Phi) is 4.10. The molecule has 0 unspecified atom stereocenters. The van der Waals surface area contributed by atoms with Crippen molar-refractivity contribution in [2.24, 2.45) is 0 Å². The van der Waals surface area contributed by atoms with Crippen molar-refractivity contribution in [1.82, 2.24) is 14.7 Å². The molecule has 2 aromatic rings. The summed E-state index contributed by atoms with van der Waals surface area (Å²) >= 11 is 0. The Hall–Kier alpha value is -2.01. The number of aromatic nitrogens is 2. The zero-order valence-electron chi connectivity index (χ0n) is 12.5. The molecule has 0 aliphatic carbocycles. The first-order valence-corrected chi connectivity index (χ1v) is 7.48. The van der Waals surface area contributed by atoms with Gasteiger partial charge in [-0.25, -0.2) is 4.68 Å². The van der Waals surface area contributed by atoms with E-state index in [4.69, 9.17) is 10.5 Å². The predicted molar refractivity (Wildman–Crippen MR) is 83.7 cm³/mol. The van der Waals surface area contributed by atoms with Gasteiger partial charge in [0.1, 0.15) is 17.3 Å². The summed E-state index contributed by atoms with van der Waals surface area (Å²) in [7, 11) is 1.66. The number of hydrogen-bond acceptors (Lipinski definition) is 4. The molecule has 5 nitrogen and oxygen atoms in total. The Morgan fingerprint density at radius 1 is 1.19 bits per heavy atom. The van der Waals surface area contributed by atoms with E-state index in [-0.39, 0.29) is 0 Å². The highest BCUT2D eigenvalue weighted by atomic mass is 16.5. The number of nitrogens with two attached hydrogens (primary N) is 1. The van der Waals surface area contributed by atoms with E-state index < -0.39 is 0 Å². The maximum Gasteiger partial charge on any atom is 0.144 e. The van der Waals surface area contributed by atoms with Crippen molar-refractivity contribution in [3.05, 3.63) is 36.0 Å². The summed E-state index contributed by atoms with van der Waals surface area (Å²) in [6.45, 7) is 3.18. The molecule has 1 aliphatic rings. The normalized spacial score (nSPS) is 16.0. The number of hydrogen-bond donors (Lipinski definition) is 1. The number of piperidine rings is 1. The number of ether oxygens (including phenoxy) is 1. The van der Waals surface area contributed by atoms with Crippen LogP contribution in [0.1, 0.15) is 25.0 Å². The third kappa shape index (κ3) is 3.03. The van der Waals surface area contributed by atoms with Crippen LogP contribution in [0, 0.1) is 0 Å². The van der Waals surface area contributed by atoms with Crippen molar-refractivity contribution >= 4 is 5.82 Å². The maximum atomic E-state index is 6.13. The van der Waals surface area contributed by atoms with E-state index in [1.54, 1.807) is 11.8 Å². The summed E-state index contributed by atoms with van der Waals surface area (Å²) in [6.07, 6.45) is 3.90. The lowest BCUT2D eigenvalue weighted by Gasteiger charge is -2.25. The SMILES string of the molecule is COc1ccccc1-n1nc(CN2CCCCC2)cc1N. The molecule has 1 aromatic carbocycles. The van der Waals surface area contributed by atoms with Gasteiger partial charge in [-0.1, -0.05) is 18.6 Å². The second kappa shape index (κ2) is 6.18. The molecule has 2 N–H and O–H groups in total. The van der Waals surface area contributed by atoms with Crippen LogP contribution in [0.4, 0.5) is 5.82 Å². The summed E-state index contributed by atoms with van der Waals surface area (Å²) in [5, 5.41) is 4.65. The minimum absolute atomic E-state index is 0.645. The van der Waals surface area contributed by atoms with E-state index in [9.17, 15) is 0 Å². The molecule has 21 heavy (non-hydrogen) atoms. The van der Waals surface area contributed by atoms with Gasteiger partial charge in [0.15, 0.2) is 0 Å². The number of nitrogens with zero attached hydrogens (tertiary/aromatic N) is 3. The van der Waals surface area contributed by atoms with E-state index in [1.165, 1.54) is 19.3 Å². The van der Waals surface area contributed by atoms with Gasteiger partial charge < -0.3 is 10.5 Å². The summed E-state index contributed by atoms with van der Waals surface area (Å²) < 4.78 is 7.15. The van der Waals surface area contributed by atoms with Gasteiger partial charge in [-0.2, -0.15) is 5.10 Å². The van der Waals surface area contributed by atoms with Crippen molar-refractivity contribution in [2.75, 3.05) is 25.9 Å². The van der Waals surface area contributed by atoms with Crippen LogP contribution < -0.4 is 10.5 Å². The largest absolute Gasteiger partial charge is 0.494 e. The second-order valence-electron chi connectivity index (χ2n) is 5.48. The average Bonchev–Trinajstić information content (AvgIpc) is 2.88. The lowest BCUT2D eigenvalue weighted by atomic mass is 10.1. The van der Waals surface area contributed by atoms with Crippen LogP contribution in [-0.2, 0) is 6.54 Å². The summed E-state index contributed by atoms with van der Waals surface area (Å²) in [6, 6.07) is 9.74. The predicted octanol–water partition coefficient (Wildman–Crippen LogP) is 2.45. The van der Waals surface area contributed by atoms with Crippen LogP contribution in [0.2, 0.25) is 0 Å². The van der Waals surface area contributed by atoms with Crippen LogP contribution in [0.15, 0.2) is 30.3 Å². The molecule has 1 fully saturated rings. The molecular weight excluding hydrogens is 264 g/mol. The van der Waals surface area contributed by atoms with Gasteiger partial charge in [0, 0.05) is 12.6 Å². The molecule has 0 spiro atoms. The Labute approximate surface area is 125 Å². The fourth-order valence-corrected chi connectivity index (χ4v) is 2.87. The molecule has 3 rings (SSSR count). The molecule has 0 amide bonds. The van der Waals surface area contributed by atoms with Gasteiger partial charge in [-0.15, -0.1) is 0 Å². The van der Waals surface area contributed by atoms with Gasteiger partial charge in [0.05, 0.1) is 12.8 Å². The van der Waals surface area contributed by atoms with Gasteiger partial charge >= 0.3 is 0 Å². The Balaban J connectivity index is 1.83. The highest BCUT2D eigenvalue weighted by molar-refractivity contribution is 5.51. The zero-order chi connectivity index (χ0) is 14.7. The third-order valence-corrected chi connectivity index (χ3v) is 3.94. The van der Waals surface area contributed by atoms with Crippen LogP contribution in [0.3, 0.4) is 0 Å². The number of anilines is 1. The highest BCUT2D eigenvalue weighted by Crippen LogP contribution is 2.25. The van der Waals surface area contributed by atoms with E-state index in [0.29, 0.717) is 5.82 Å². The van der Waals surface area contributed by atoms with E-state index >= 15 is 0 Å². The van der Waals surface area contributed by atoms with Crippen molar-refractivity contribution in [2.45, 2.75) is 25.8 Å². The molecule has 5 heteroatoms. The number of nitrogen functional groups attached to an aromatic ring is 1. The van der Waals surface area contributed by atoms with Crippen molar-refractivity contribution < 1.29 is 4.74 Å². The van der Waals surface area contributed by atoms with E-state index in [2.05, 4.69) is 10.00 Å². The molecule has 0 atom stereocenters. The van der Waals surface area contributed by atoms with Crippen molar-refractivity contribution in [1.29, 1.82) is 0 Å². The number of rotatable bonds is 4. The minimum Gasteiger partial charge on any atom is -0.494 e. The summed E-state index contributed by atoms with van der Waals surface area (Å²) in [5.74, 6) is 1.42. The first-order valence-electron chi connectivity index (χ1n) is 7.48. The van der Waals surface area contributed by atoms with Crippen molar-refractivity contribution in [3.63, 3.8) is 0 Å². The third-order valence-electron chi connectivity index (χ3n) is 3.94. The topological polar surface area (TPSA) is 56.3 Å².